The van der Waals surface area contributed by atoms with Crippen molar-refractivity contribution in [1.29, 1.82) is 0 Å². The maximum atomic E-state index is 9.96. The van der Waals surface area contributed by atoms with Gasteiger partial charge in [-0.2, -0.15) is 0 Å². The second-order valence-corrected chi connectivity index (χ2v) is 3.71. The number of hydrogen-bond donors (Lipinski definition) is 3. The number of hydrogen-bond acceptors (Lipinski definition) is 5. The molecule has 2 bridgehead atoms. The fraction of sp³-hybridized carbons (Fsp3) is 1.00. The molecule has 5 atom stereocenters. The molecule has 0 amide bonds. The summed E-state index contributed by atoms with van der Waals surface area (Å²) >= 11 is 0. The molecule has 13 heavy (non-hydrogen) atoms. The molecule has 1 aliphatic carbocycles. The van der Waals surface area contributed by atoms with Gasteiger partial charge in [0.2, 0.25) is 0 Å². The van der Waals surface area contributed by atoms with E-state index in [1.807, 2.05) is 0 Å². The maximum absolute atomic E-state index is 9.96. The molecule has 0 aromatic heterocycles. The molecule has 3 aliphatic rings. The first-order valence-electron chi connectivity index (χ1n) is 4.36. The third-order valence-electron chi connectivity index (χ3n) is 2.97. The van der Waals surface area contributed by atoms with Gasteiger partial charge in [0.25, 0.3) is 0 Å². The number of aliphatic hydroxyl groups is 3. The summed E-state index contributed by atoms with van der Waals surface area (Å²) in [6.07, 6.45) is -2.49. The Morgan fingerprint density at radius 2 is 2.15 bits per heavy atom. The first-order chi connectivity index (χ1) is 6.09. The summed E-state index contributed by atoms with van der Waals surface area (Å²) in [5.41, 5.74) is -1.46. The van der Waals surface area contributed by atoms with E-state index in [-0.39, 0.29) is 0 Å². The van der Waals surface area contributed by atoms with Gasteiger partial charge in [0.15, 0.2) is 6.29 Å². The van der Waals surface area contributed by atoms with Crippen LogP contribution in [0.1, 0.15) is 12.8 Å². The van der Waals surface area contributed by atoms with Crippen LogP contribution in [0, 0.1) is 0 Å². The molecule has 0 aromatic carbocycles. The zero-order valence-corrected chi connectivity index (χ0v) is 7.38. The molecule has 0 radical (unpaired) electrons. The summed E-state index contributed by atoms with van der Waals surface area (Å²) in [7, 11) is 1.41. The van der Waals surface area contributed by atoms with Crippen LogP contribution in [0.4, 0.5) is 0 Å². The molecule has 5 heteroatoms. The highest BCUT2D eigenvalue weighted by Gasteiger charge is 2.58. The van der Waals surface area contributed by atoms with E-state index in [2.05, 4.69) is 0 Å². The van der Waals surface area contributed by atoms with Crippen LogP contribution in [0.2, 0.25) is 0 Å². The molecule has 76 valence electrons. The fourth-order valence-electron chi connectivity index (χ4n) is 2.13. The van der Waals surface area contributed by atoms with E-state index in [0.29, 0.717) is 12.8 Å². The number of aliphatic hydroxyl groups excluding tert-OH is 2. The lowest BCUT2D eigenvalue weighted by atomic mass is 9.75. The van der Waals surface area contributed by atoms with Gasteiger partial charge in [-0.05, 0) is 12.8 Å². The second kappa shape index (κ2) is 2.90. The Kier molecular flexibility index (Phi) is 2.08. The van der Waals surface area contributed by atoms with Crippen molar-refractivity contribution in [2.24, 2.45) is 0 Å². The lowest BCUT2D eigenvalue weighted by Gasteiger charge is -2.52. The molecule has 3 rings (SSSR count). The Balaban J connectivity index is 2.25. The molecule has 2 saturated heterocycles. The number of methoxy groups -OCH3 is 1. The minimum atomic E-state index is -1.46. The predicted molar refractivity (Wildman–Crippen MR) is 41.9 cm³/mol. The number of fused-ring (bicyclic) bond motifs is 3. The molecular weight excluding hydrogens is 176 g/mol. The highest BCUT2D eigenvalue weighted by atomic mass is 16.7. The molecular formula is C8H14O5. The fourth-order valence-corrected chi connectivity index (χ4v) is 2.13. The Morgan fingerprint density at radius 1 is 1.46 bits per heavy atom. The molecule has 2 aliphatic heterocycles. The normalized spacial score (nSPS) is 55.4. The van der Waals surface area contributed by atoms with Crippen LogP contribution in [-0.2, 0) is 9.47 Å². The first kappa shape index (κ1) is 9.36. The van der Waals surface area contributed by atoms with Crippen molar-refractivity contribution < 1.29 is 24.8 Å². The minimum Gasteiger partial charge on any atom is -0.388 e. The zero-order chi connectivity index (χ0) is 9.64. The maximum Gasteiger partial charge on any atom is 0.189 e. The van der Waals surface area contributed by atoms with Gasteiger partial charge in [0, 0.05) is 7.11 Å². The van der Waals surface area contributed by atoms with Crippen LogP contribution in [0.15, 0.2) is 0 Å². The van der Waals surface area contributed by atoms with Gasteiger partial charge in [-0.3, -0.25) is 0 Å². The summed E-state index contributed by atoms with van der Waals surface area (Å²) in [5, 5.41) is 29.0. The summed E-state index contributed by atoms with van der Waals surface area (Å²) in [6.45, 7) is 0. The van der Waals surface area contributed by atoms with Gasteiger partial charge in [-0.1, -0.05) is 0 Å². The molecule has 5 nitrogen and oxygen atoms in total. The smallest absolute Gasteiger partial charge is 0.189 e. The standard InChI is InChI=1S/C8H14O5/c1-12-7-8(11)3-2-4(13-7)5(9)6(8)10/h4-7,9-11H,2-3H2,1H3/t4?,5-,6?,7+,8?/m1/s1. The topological polar surface area (TPSA) is 79.2 Å². The van der Waals surface area contributed by atoms with Gasteiger partial charge in [0.05, 0.1) is 6.10 Å². The average Bonchev–Trinajstić information content (AvgIpc) is 2.14. The van der Waals surface area contributed by atoms with Crippen molar-refractivity contribution in [3.63, 3.8) is 0 Å². The van der Waals surface area contributed by atoms with Gasteiger partial charge >= 0.3 is 0 Å². The van der Waals surface area contributed by atoms with E-state index in [0.717, 1.165) is 0 Å². The second-order valence-electron chi connectivity index (χ2n) is 3.71. The highest BCUT2D eigenvalue weighted by Crippen LogP contribution is 2.41. The Hall–Kier alpha value is -0.200. The molecule has 0 spiro atoms. The number of ether oxygens (including phenoxy) is 2. The molecule has 1 saturated carbocycles. The lowest BCUT2D eigenvalue weighted by molar-refractivity contribution is -0.359. The van der Waals surface area contributed by atoms with Crippen molar-refractivity contribution in [3.05, 3.63) is 0 Å². The average molecular weight is 190 g/mol. The first-order valence-corrected chi connectivity index (χ1v) is 4.36. The molecule has 3 fully saturated rings. The highest BCUT2D eigenvalue weighted by molar-refractivity contribution is 5.05. The molecule has 3 N–H and O–H groups in total. The molecule has 0 aromatic rings. The van der Waals surface area contributed by atoms with Crippen LogP contribution in [0.3, 0.4) is 0 Å². The van der Waals surface area contributed by atoms with Crippen LogP contribution in [0.5, 0.6) is 0 Å². The van der Waals surface area contributed by atoms with E-state index in [1.54, 1.807) is 0 Å². The minimum absolute atomic E-state index is 0.397. The Bertz CT molecular complexity index is 205. The van der Waals surface area contributed by atoms with Crippen LogP contribution in [0.25, 0.3) is 0 Å². The van der Waals surface area contributed by atoms with E-state index in [1.165, 1.54) is 7.11 Å². The van der Waals surface area contributed by atoms with E-state index in [4.69, 9.17) is 9.47 Å². The third-order valence-corrected chi connectivity index (χ3v) is 2.97. The summed E-state index contributed by atoms with van der Waals surface area (Å²) in [5.74, 6) is 0. The van der Waals surface area contributed by atoms with E-state index >= 15 is 0 Å². The summed E-state index contributed by atoms with van der Waals surface area (Å²) < 4.78 is 10.1. The summed E-state index contributed by atoms with van der Waals surface area (Å²) in [4.78, 5) is 0. The zero-order valence-electron chi connectivity index (χ0n) is 7.38. The van der Waals surface area contributed by atoms with Gasteiger partial charge in [-0.15, -0.1) is 0 Å². The predicted octanol–water partition coefficient (Wildman–Crippen LogP) is -1.40. The van der Waals surface area contributed by atoms with Crippen LogP contribution in [-0.4, -0.2) is 52.6 Å². The lowest BCUT2D eigenvalue weighted by Crippen LogP contribution is -2.70. The third kappa shape index (κ3) is 1.12. The number of rotatable bonds is 1. The van der Waals surface area contributed by atoms with Crippen molar-refractivity contribution >= 4 is 0 Å². The van der Waals surface area contributed by atoms with Crippen molar-refractivity contribution in [1.82, 2.24) is 0 Å². The summed E-state index contributed by atoms with van der Waals surface area (Å²) in [6, 6.07) is 0. The Morgan fingerprint density at radius 3 is 2.77 bits per heavy atom. The molecule has 3 unspecified atom stereocenters. The SMILES string of the molecule is CO[C@H]1OC2CCC1(O)C(O)[C@@H]2O. The van der Waals surface area contributed by atoms with Crippen molar-refractivity contribution in [2.75, 3.05) is 7.11 Å². The van der Waals surface area contributed by atoms with Gasteiger partial charge in [-0.25, -0.2) is 0 Å². The van der Waals surface area contributed by atoms with Crippen LogP contribution < -0.4 is 0 Å². The van der Waals surface area contributed by atoms with Crippen molar-refractivity contribution in [2.45, 2.75) is 43.0 Å². The quantitative estimate of drug-likeness (QED) is 0.474. The van der Waals surface area contributed by atoms with Gasteiger partial charge < -0.3 is 24.8 Å². The Labute approximate surface area is 75.9 Å². The van der Waals surface area contributed by atoms with E-state index < -0.39 is 30.2 Å². The molecule has 2 heterocycles. The van der Waals surface area contributed by atoms with Crippen molar-refractivity contribution in [3.8, 4) is 0 Å². The van der Waals surface area contributed by atoms with Gasteiger partial charge in [0.1, 0.15) is 17.8 Å². The largest absolute Gasteiger partial charge is 0.388 e. The monoisotopic (exact) mass is 190 g/mol. The van der Waals surface area contributed by atoms with E-state index in [9.17, 15) is 15.3 Å². The van der Waals surface area contributed by atoms with Crippen LogP contribution >= 0.6 is 0 Å².